The van der Waals surface area contributed by atoms with Crippen LogP contribution in [0, 0.1) is 0 Å². The summed E-state index contributed by atoms with van der Waals surface area (Å²) in [5.41, 5.74) is 1.17. The fraction of sp³-hybridized carbons (Fsp3) is 0.724. The fourth-order valence-electron chi connectivity index (χ4n) is 5.40. The van der Waals surface area contributed by atoms with Gasteiger partial charge in [0.25, 0.3) is 0 Å². The first kappa shape index (κ1) is 28.2. The molecule has 4 atom stereocenters. The zero-order valence-electron chi connectivity index (χ0n) is 22.3. The number of rotatable bonds is 15. The molecular formula is C29H48O4Sn. The van der Waals surface area contributed by atoms with E-state index in [1.807, 2.05) is 19.9 Å². The SMILES string of the molecule is CCC[CH2][Sn]([CH2]/C=C\[C@H]1O[C@@H]2OC(C)(C)O[C@@H]2[C@@H]1OCc1ccccc1)([CH2]CCC)[CH2]CCC. The summed E-state index contributed by atoms with van der Waals surface area (Å²) < 4.78 is 30.9. The normalized spacial score (nSPS) is 26.4. The van der Waals surface area contributed by atoms with Crippen molar-refractivity contribution in [2.24, 2.45) is 0 Å². The molecule has 0 bridgehead atoms. The number of hydrogen-bond acceptors (Lipinski definition) is 4. The number of fused-ring (bicyclic) bond motifs is 1. The molecule has 1 aromatic rings. The van der Waals surface area contributed by atoms with Crippen LogP contribution in [0.2, 0.25) is 17.7 Å². The summed E-state index contributed by atoms with van der Waals surface area (Å²) >= 11 is -2.20. The van der Waals surface area contributed by atoms with Crippen LogP contribution in [-0.2, 0) is 25.6 Å². The Balaban J connectivity index is 1.70. The molecule has 0 radical (unpaired) electrons. The minimum atomic E-state index is -2.20. The average molecular weight is 579 g/mol. The Hall–Kier alpha value is -0.401. The van der Waals surface area contributed by atoms with Crippen molar-refractivity contribution in [2.75, 3.05) is 0 Å². The predicted molar refractivity (Wildman–Crippen MR) is 143 cm³/mol. The Bertz CT molecular complexity index is 713. The van der Waals surface area contributed by atoms with Crippen LogP contribution in [0.3, 0.4) is 0 Å². The van der Waals surface area contributed by atoms with Gasteiger partial charge in [0.15, 0.2) is 0 Å². The van der Waals surface area contributed by atoms with Crippen LogP contribution < -0.4 is 0 Å². The van der Waals surface area contributed by atoms with Gasteiger partial charge >= 0.3 is 213 Å². The van der Waals surface area contributed by atoms with Crippen molar-refractivity contribution in [3.05, 3.63) is 48.0 Å². The van der Waals surface area contributed by atoms with E-state index >= 15 is 0 Å². The number of allylic oxidation sites excluding steroid dienone is 1. The van der Waals surface area contributed by atoms with E-state index in [1.54, 1.807) is 0 Å². The van der Waals surface area contributed by atoms with Gasteiger partial charge in [0.1, 0.15) is 0 Å². The van der Waals surface area contributed by atoms with Gasteiger partial charge in [-0.15, -0.1) is 0 Å². The van der Waals surface area contributed by atoms with Crippen LogP contribution >= 0.6 is 0 Å². The van der Waals surface area contributed by atoms with Crippen LogP contribution in [0.4, 0.5) is 0 Å². The van der Waals surface area contributed by atoms with Gasteiger partial charge < -0.3 is 0 Å². The summed E-state index contributed by atoms with van der Waals surface area (Å²) in [4.78, 5) is 0. The van der Waals surface area contributed by atoms with Crippen molar-refractivity contribution in [3.8, 4) is 0 Å². The predicted octanol–water partition coefficient (Wildman–Crippen LogP) is 7.85. The van der Waals surface area contributed by atoms with Gasteiger partial charge in [-0.05, 0) is 0 Å². The van der Waals surface area contributed by atoms with Crippen molar-refractivity contribution < 1.29 is 18.9 Å². The molecular weight excluding hydrogens is 531 g/mol. The number of benzene rings is 1. The van der Waals surface area contributed by atoms with Crippen LogP contribution in [0.5, 0.6) is 0 Å². The molecule has 2 heterocycles. The molecule has 0 N–H and O–H groups in total. The third-order valence-electron chi connectivity index (χ3n) is 7.37. The Morgan fingerprint density at radius 2 is 1.53 bits per heavy atom. The van der Waals surface area contributed by atoms with E-state index in [-0.39, 0.29) is 24.6 Å². The molecule has 2 saturated heterocycles. The summed E-state index contributed by atoms with van der Waals surface area (Å²) in [6, 6.07) is 10.3. The molecule has 0 spiro atoms. The number of ether oxygens (including phenoxy) is 4. The Morgan fingerprint density at radius 3 is 2.12 bits per heavy atom. The van der Waals surface area contributed by atoms with Gasteiger partial charge in [0, 0.05) is 0 Å². The molecule has 0 unspecified atom stereocenters. The molecule has 34 heavy (non-hydrogen) atoms. The van der Waals surface area contributed by atoms with Gasteiger partial charge in [0.05, 0.1) is 0 Å². The molecule has 3 rings (SSSR count). The number of hydrogen-bond donors (Lipinski definition) is 0. The van der Waals surface area contributed by atoms with E-state index in [0.717, 1.165) is 0 Å². The zero-order valence-corrected chi connectivity index (χ0v) is 25.1. The van der Waals surface area contributed by atoms with Crippen molar-refractivity contribution in [1.82, 2.24) is 0 Å². The van der Waals surface area contributed by atoms with Crippen molar-refractivity contribution in [2.45, 2.75) is 128 Å². The molecule has 2 fully saturated rings. The van der Waals surface area contributed by atoms with Crippen LogP contribution in [0.1, 0.15) is 78.7 Å². The van der Waals surface area contributed by atoms with E-state index < -0.39 is 24.2 Å². The van der Waals surface area contributed by atoms with E-state index in [1.165, 1.54) is 61.8 Å². The van der Waals surface area contributed by atoms with Gasteiger partial charge in [0.2, 0.25) is 0 Å². The molecule has 0 aliphatic carbocycles. The molecule has 4 nitrogen and oxygen atoms in total. The summed E-state index contributed by atoms with van der Waals surface area (Å²) in [6.07, 6.45) is 12.1. The molecule has 0 amide bonds. The number of unbranched alkanes of at least 4 members (excludes halogenated alkanes) is 3. The third-order valence-corrected chi connectivity index (χ3v) is 22.6. The van der Waals surface area contributed by atoms with Gasteiger partial charge in [-0.3, -0.25) is 0 Å². The standard InChI is InChI=1S/C17H21O4.3C4H9.Sn/c1-4-8-13-14(18-11-12-9-6-5-7-10-12)15-16(19-13)21-17(2,3)20-15;3*1-3-4-2;/h4-10,13-16H,1,11H2,2-3H3;3*1,3-4H2,2H3;/b8-4-;;;;/t13-,14-,15-,16-;;;;/m1..../s1. The van der Waals surface area contributed by atoms with E-state index in [4.69, 9.17) is 18.9 Å². The summed E-state index contributed by atoms with van der Waals surface area (Å²) in [6.45, 7) is 11.5. The van der Waals surface area contributed by atoms with Crippen LogP contribution in [-0.4, -0.2) is 48.8 Å². The molecule has 0 aromatic heterocycles. The maximum atomic E-state index is 6.42. The van der Waals surface area contributed by atoms with E-state index in [2.05, 4.69) is 57.2 Å². The Kier molecular flexibility index (Phi) is 11.4. The van der Waals surface area contributed by atoms with Crippen molar-refractivity contribution in [1.29, 1.82) is 0 Å². The second-order valence-corrected chi connectivity index (χ2v) is 24.8. The summed E-state index contributed by atoms with van der Waals surface area (Å²) in [5.74, 6) is -0.634. The molecule has 0 saturated carbocycles. The molecule has 1 aromatic carbocycles. The van der Waals surface area contributed by atoms with Crippen molar-refractivity contribution in [3.63, 3.8) is 0 Å². The first-order valence-corrected chi connectivity index (χ1v) is 21.8. The van der Waals surface area contributed by atoms with E-state index in [9.17, 15) is 0 Å². The zero-order chi connectivity index (χ0) is 24.4. The summed E-state index contributed by atoms with van der Waals surface area (Å²) in [5, 5.41) is 0. The first-order chi connectivity index (χ1) is 16.4. The Labute approximate surface area is 212 Å². The first-order valence-electron chi connectivity index (χ1n) is 13.8. The topological polar surface area (TPSA) is 36.9 Å². The molecule has 5 heteroatoms. The minimum absolute atomic E-state index is 0.123. The van der Waals surface area contributed by atoms with Gasteiger partial charge in [-0.25, -0.2) is 0 Å². The second-order valence-electron chi connectivity index (χ2n) is 10.8. The molecule has 2 aliphatic rings. The summed E-state index contributed by atoms with van der Waals surface area (Å²) in [7, 11) is 0. The average Bonchev–Trinajstić information content (AvgIpc) is 3.30. The van der Waals surface area contributed by atoms with Crippen LogP contribution in [0.25, 0.3) is 0 Å². The fourth-order valence-corrected chi connectivity index (χ4v) is 20.6. The quantitative estimate of drug-likeness (QED) is 0.157. The monoisotopic (exact) mass is 580 g/mol. The van der Waals surface area contributed by atoms with Crippen LogP contribution in [0.15, 0.2) is 42.5 Å². The second kappa shape index (κ2) is 13.8. The molecule has 192 valence electrons. The van der Waals surface area contributed by atoms with Gasteiger partial charge in [-0.1, -0.05) is 0 Å². The van der Waals surface area contributed by atoms with E-state index in [0.29, 0.717) is 6.61 Å². The Morgan fingerprint density at radius 1 is 0.912 bits per heavy atom. The maximum absolute atomic E-state index is 6.42. The third kappa shape index (κ3) is 8.06. The molecule has 2 aliphatic heterocycles. The van der Waals surface area contributed by atoms with Gasteiger partial charge in [-0.2, -0.15) is 0 Å². The van der Waals surface area contributed by atoms with Crippen molar-refractivity contribution >= 4 is 18.4 Å².